The van der Waals surface area contributed by atoms with E-state index in [-0.39, 0.29) is 42.4 Å². The molecule has 0 unspecified atom stereocenters. The van der Waals surface area contributed by atoms with Crippen LogP contribution in [0.3, 0.4) is 0 Å². The molecule has 0 heterocycles. The van der Waals surface area contributed by atoms with Crippen LogP contribution in [-0.4, -0.2) is 2.43 Å². The molecule has 0 radical (unpaired) electrons. The van der Waals surface area contributed by atoms with E-state index in [0.29, 0.717) is 0 Å². The van der Waals surface area contributed by atoms with Gasteiger partial charge in [-0.1, -0.05) is 0 Å². The molecule has 15 heavy (non-hydrogen) atoms. The molecular formula is C13H12I2-2. The van der Waals surface area contributed by atoms with Crippen LogP contribution in [0.25, 0.3) is 0 Å². The third kappa shape index (κ3) is 4.10. The zero-order valence-electron chi connectivity index (χ0n) is 8.24. The van der Waals surface area contributed by atoms with Gasteiger partial charge in [-0.05, 0) is 0 Å². The summed E-state index contributed by atoms with van der Waals surface area (Å²) in [5.41, 5.74) is 0. The molecule has 0 aliphatic rings. The minimum atomic E-state index is 0.250. The van der Waals surface area contributed by atoms with Gasteiger partial charge in [-0.3, -0.25) is 0 Å². The maximum atomic E-state index is 2.27. The second-order valence-electron chi connectivity index (χ2n) is 2.96. The molecule has 0 N–H and O–H groups in total. The predicted octanol–water partition coefficient (Wildman–Crippen LogP) is -3.14. The van der Waals surface area contributed by atoms with Crippen LogP contribution in [0.4, 0.5) is 0 Å². The van der Waals surface area contributed by atoms with Crippen LogP contribution >= 0.6 is 0 Å². The van der Waals surface area contributed by atoms with Gasteiger partial charge in [0.05, 0.1) is 0 Å². The van der Waals surface area contributed by atoms with E-state index in [2.05, 4.69) is 60.7 Å². The second-order valence-corrected chi connectivity index (χ2v) is 11.4. The molecule has 2 heteroatoms. The molecule has 0 atom stereocenters. The van der Waals surface area contributed by atoms with Gasteiger partial charge in [-0.25, -0.2) is 0 Å². The molecule has 0 fully saturated rings. The average Bonchev–Trinajstić information content (AvgIpc) is 2.32. The summed E-state index contributed by atoms with van der Waals surface area (Å²) in [4.78, 5) is 0. The van der Waals surface area contributed by atoms with Gasteiger partial charge in [0.1, 0.15) is 0 Å². The number of hydrogen-bond acceptors (Lipinski definition) is 0. The van der Waals surface area contributed by atoms with Crippen molar-refractivity contribution in [1.29, 1.82) is 0 Å². The zero-order valence-corrected chi connectivity index (χ0v) is 12.6. The van der Waals surface area contributed by atoms with E-state index in [0.717, 1.165) is 0 Å². The fourth-order valence-electron chi connectivity index (χ4n) is 1.15. The summed E-state index contributed by atoms with van der Waals surface area (Å²) < 4.78 is 4.60. The molecule has 0 aliphatic heterocycles. The quantitative estimate of drug-likeness (QED) is 0.361. The minimum absolute atomic E-state index is 0.250. The molecule has 0 amide bonds. The van der Waals surface area contributed by atoms with Gasteiger partial charge in [0.15, 0.2) is 0 Å². The Morgan fingerprint density at radius 1 is 0.600 bits per heavy atom. The molecular weight excluding hydrogens is 410 g/mol. The summed E-state index contributed by atoms with van der Waals surface area (Å²) in [7, 11) is 0. The summed E-state index contributed by atoms with van der Waals surface area (Å²) in [6, 6.07) is 21.9. The maximum absolute atomic E-state index is 2.27. The molecule has 0 saturated carbocycles. The van der Waals surface area contributed by atoms with Crippen molar-refractivity contribution in [3.63, 3.8) is 0 Å². The summed E-state index contributed by atoms with van der Waals surface area (Å²) >= 11 is 0.500. The Hall–Kier alpha value is -0.100. The number of alkyl halides is 2. The van der Waals surface area contributed by atoms with Gasteiger partial charge in [-0.2, -0.15) is 0 Å². The van der Waals surface area contributed by atoms with Crippen molar-refractivity contribution in [2.45, 2.75) is 0 Å². The van der Waals surface area contributed by atoms with E-state index in [1.165, 1.54) is 2.43 Å². The van der Waals surface area contributed by atoms with Gasteiger partial charge < -0.3 is 0 Å². The Morgan fingerprint density at radius 2 is 1.00 bits per heavy atom. The van der Waals surface area contributed by atoms with E-state index in [1.54, 1.807) is 7.14 Å². The van der Waals surface area contributed by atoms with Crippen LogP contribution in [0.15, 0.2) is 60.7 Å². The Balaban J connectivity index is 1.81. The number of halogens is 2. The first-order chi connectivity index (χ1) is 7.45. The van der Waals surface area contributed by atoms with Crippen LogP contribution in [0, 0.1) is 7.14 Å². The Morgan fingerprint density at radius 3 is 1.40 bits per heavy atom. The first-order valence-corrected chi connectivity index (χ1v) is 9.94. The van der Waals surface area contributed by atoms with Crippen molar-refractivity contribution < 1.29 is 42.4 Å². The van der Waals surface area contributed by atoms with Gasteiger partial charge >= 0.3 is 113 Å². The van der Waals surface area contributed by atoms with Crippen molar-refractivity contribution in [2.75, 3.05) is 2.43 Å². The van der Waals surface area contributed by atoms with Crippen LogP contribution < -0.4 is 42.4 Å². The average molecular weight is 422 g/mol. The van der Waals surface area contributed by atoms with E-state index in [4.69, 9.17) is 0 Å². The van der Waals surface area contributed by atoms with Crippen molar-refractivity contribution in [2.24, 2.45) is 0 Å². The number of benzene rings is 2. The van der Waals surface area contributed by atoms with Crippen molar-refractivity contribution in [1.82, 2.24) is 0 Å². The fourth-order valence-corrected chi connectivity index (χ4v) is 9.24. The molecule has 2 aromatic carbocycles. The molecule has 0 aliphatic carbocycles. The van der Waals surface area contributed by atoms with Crippen molar-refractivity contribution in [3.05, 3.63) is 67.8 Å². The monoisotopic (exact) mass is 422 g/mol. The normalized spacial score (nSPS) is 10.7. The number of rotatable bonds is 4. The van der Waals surface area contributed by atoms with E-state index in [1.807, 2.05) is 0 Å². The molecule has 0 spiro atoms. The van der Waals surface area contributed by atoms with Gasteiger partial charge in [0.2, 0.25) is 0 Å². The molecule has 80 valence electrons. The fraction of sp³-hybridized carbons (Fsp3) is 0.0769. The number of hydrogen-bond donors (Lipinski definition) is 0. The summed E-state index contributed by atoms with van der Waals surface area (Å²) in [5.74, 6) is 0. The molecule has 0 bridgehead atoms. The van der Waals surface area contributed by atoms with Crippen LogP contribution in [0.2, 0.25) is 0 Å². The molecule has 0 saturated heterocycles. The zero-order chi connectivity index (χ0) is 10.3. The molecule has 0 nitrogen and oxygen atoms in total. The summed E-state index contributed by atoms with van der Waals surface area (Å²) in [5, 5.41) is 0. The SMILES string of the molecule is c1ccc([I-]C[I-]c2ccccc2)cc1. The molecule has 2 rings (SSSR count). The topological polar surface area (TPSA) is 0 Å². The van der Waals surface area contributed by atoms with Crippen LogP contribution in [-0.2, 0) is 0 Å². The summed E-state index contributed by atoms with van der Waals surface area (Å²) in [6.45, 7) is 0. The van der Waals surface area contributed by atoms with Crippen LogP contribution in [0.1, 0.15) is 0 Å². The third-order valence-corrected chi connectivity index (χ3v) is 9.52. The molecule has 2 aromatic rings. The van der Waals surface area contributed by atoms with Crippen molar-refractivity contribution >= 4 is 0 Å². The first kappa shape index (κ1) is 11.4. The van der Waals surface area contributed by atoms with Gasteiger partial charge in [0.25, 0.3) is 0 Å². The Bertz CT molecular complexity index is 344. The second kappa shape index (κ2) is 6.48. The van der Waals surface area contributed by atoms with Crippen LogP contribution in [0.5, 0.6) is 0 Å². The Labute approximate surface area is 112 Å². The Kier molecular flexibility index (Phi) is 4.92. The van der Waals surface area contributed by atoms with Crippen molar-refractivity contribution in [3.8, 4) is 0 Å². The van der Waals surface area contributed by atoms with E-state index < -0.39 is 0 Å². The standard InChI is InChI=1S/C13H12I2/c1-3-7-12(8-4-1)14-11-15-13-9-5-2-6-10-13/h1-10H,11H2/q-2. The summed E-state index contributed by atoms with van der Waals surface area (Å²) in [6.07, 6.45) is 0. The van der Waals surface area contributed by atoms with E-state index in [9.17, 15) is 0 Å². The van der Waals surface area contributed by atoms with E-state index >= 15 is 0 Å². The predicted molar refractivity (Wildman–Crippen MR) is 55.1 cm³/mol. The third-order valence-electron chi connectivity index (χ3n) is 1.88. The van der Waals surface area contributed by atoms with Gasteiger partial charge in [-0.15, -0.1) is 0 Å². The van der Waals surface area contributed by atoms with Gasteiger partial charge in [0, 0.05) is 0 Å². The first-order valence-electron chi connectivity index (χ1n) is 4.73. The molecule has 0 aromatic heterocycles.